The summed E-state index contributed by atoms with van der Waals surface area (Å²) >= 11 is 0. The smallest absolute Gasteiger partial charge is 0.123 e. The van der Waals surface area contributed by atoms with Crippen molar-refractivity contribution < 1.29 is 13.9 Å². The molecule has 0 fully saturated rings. The van der Waals surface area contributed by atoms with Crippen molar-refractivity contribution in [3.05, 3.63) is 29.6 Å². The molecule has 16 heavy (non-hydrogen) atoms. The van der Waals surface area contributed by atoms with Gasteiger partial charge in [-0.05, 0) is 32.0 Å². The van der Waals surface area contributed by atoms with Gasteiger partial charge in [0.15, 0.2) is 0 Å². The molecule has 0 radical (unpaired) electrons. The van der Waals surface area contributed by atoms with Gasteiger partial charge in [0, 0.05) is 12.2 Å². The Morgan fingerprint density at radius 3 is 2.69 bits per heavy atom. The molecule has 0 saturated heterocycles. The molecule has 0 spiro atoms. The molecule has 0 bridgehead atoms. The molecule has 0 saturated carbocycles. The predicted octanol–water partition coefficient (Wildman–Crippen LogP) is 2.26. The van der Waals surface area contributed by atoms with Crippen molar-refractivity contribution in [3.8, 4) is 5.75 Å². The minimum Gasteiger partial charge on any atom is -0.496 e. The lowest BCUT2D eigenvalue weighted by Crippen LogP contribution is -2.26. The number of halogens is 1. The van der Waals surface area contributed by atoms with Gasteiger partial charge >= 0.3 is 0 Å². The Morgan fingerprint density at radius 1 is 1.44 bits per heavy atom. The molecule has 1 aromatic rings. The topological polar surface area (TPSA) is 44.5 Å². The summed E-state index contributed by atoms with van der Waals surface area (Å²) in [7, 11) is 1.54. The summed E-state index contributed by atoms with van der Waals surface area (Å²) in [5.41, 5.74) is 6.63. The molecule has 2 N–H and O–H groups in total. The van der Waals surface area contributed by atoms with E-state index >= 15 is 0 Å². The number of rotatable bonds is 5. The molecular formula is C12H18FNO2. The van der Waals surface area contributed by atoms with E-state index in [1.165, 1.54) is 19.2 Å². The average Bonchev–Trinajstić information content (AvgIpc) is 2.28. The highest BCUT2D eigenvalue weighted by Crippen LogP contribution is 2.27. The van der Waals surface area contributed by atoms with Crippen LogP contribution in [0.4, 0.5) is 4.39 Å². The van der Waals surface area contributed by atoms with Gasteiger partial charge in [0.1, 0.15) is 11.6 Å². The van der Waals surface area contributed by atoms with Crippen molar-refractivity contribution in [1.82, 2.24) is 0 Å². The third-order valence-corrected chi connectivity index (χ3v) is 2.49. The highest BCUT2D eigenvalue weighted by Gasteiger charge is 2.19. The van der Waals surface area contributed by atoms with Crippen molar-refractivity contribution in [3.63, 3.8) is 0 Å². The van der Waals surface area contributed by atoms with Gasteiger partial charge in [0.05, 0.1) is 19.3 Å². The van der Waals surface area contributed by atoms with E-state index in [4.69, 9.17) is 15.2 Å². The maximum absolute atomic E-state index is 13.1. The van der Waals surface area contributed by atoms with Crippen LogP contribution in [0.2, 0.25) is 0 Å². The molecule has 0 aliphatic heterocycles. The Bertz CT molecular complexity index is 344. The van der Waals surface area contributed by atoms with E-state index < -0.39 is 6.04 Å². The summed E-state index contributed by atoms with van der Waals surface area (Å²) in [6.45, 7) is 4.33. The summed E-state index contributed by atoms with van der Waals surface area (Å²) in [6.07, 6.45) is -0.180. The van der Waals surface area contributed by atoms with Crippen LogP contribution in [0.1, 0.15) is 25.5 Å². The SMILES string of the molecule is CCOC(C)C(N)c1cc(F)ccc1OC. The summed E-state index contributed by atoms with van der Waals surface area (Å²) in [5, 5.41) is 0. The second kappa shape index (κ2) is 5.82. The van der Waals surface area contributed by atoms with Crippen LogP contribution in [0.5, 0.6) is 5.75 Å². The molecule has 1 rings (SSSR count). The normalized spacial score (nSPS) is 14.6. The number of hydrogen-bond acceptors (Lipinski definition) is 3. The van der Waals surface area contributed by atoms with E-state index in [1.807, 2.05) is 13.8 Å². The first kappa shape index (κ1) is 12.9. The zero-order valence-electron chi connectivity index (χ0n) is 9.87. The first-order valence-electron chi connectivity index (χ1n) is 5.30. The highest BCUT2D eigenvalue weighted by molar-refractivity contribution is 5.36. The van der Waals surface area contributed by atoms with Crippen LogP contribution in [0.25, 0.3) is 0 Å². The Kier molecular flexibility index (Phi) is 4.71. The van der Waals surface area contributed by atoms with E-state index in [2.05, 4.69) is 0 Å². The van der Waals surface area contributed by atoms with Crippen molar-refractivity contribution in [2.45, 2.75) is 26.0 Å². The molecule has 3 nitrogen and oxygen atoms in total. The fourth-order valence-corrected chi connectivity index (χ4v) is 1.59. The Balaban J connectivity index is 2.96. The first-order chi connectivity index (χ1) is 7.60. The number of nitrogens with two attached hydrogens (primary N) is 1. The Morgan fingerprint density at radius 2 is 2.12 bits per heavy atom. The van der Waals surface area contributed by atoms with Crippen LogP contribution in [-0.2, 0) is 4.74 Å². The van der Waals surface area contributed by atoms with Crippen molar-refractivity contribution in [2.75, 3.05) is 13.7 Å². The van der Waals surface area contributed by atoms with Crippen LogP contribution in [0.3, 0.4) is 0 Å². The van der Waals surface area contributed by atoms with Crippen molar-refractivity contribution >= 4 is 0 Å². The lowest BCUT2D eigenvalue weighted by molar-refractivity contribution is 0.0568. The molecule has 2 atom stereocenters. The minimum absolute atomic E-state index is 0.180. The third-order valence-electron chi connectivity index (χ3n) is 2.49. The summed E-state index contributed by atoms with van der Waals surface area (Å²) in [5.74, 6) is 0.260. The molecular weight excluding hydrogens is 209 g/mol. The average molecular weight is 227 g/mol. The number of methoxy groups -OCH3 is 1. The maximum atomic E-state index is 13.1. The van der Waals surface area contributed by atoms with Gasteiger partial charge in [-0.25, -0.2) is 4.39 Å². The zero-order valence-corrected chi connectivity index (χ0v) is 9.87. The Labute approximate surface area is 95.4 Å². The highest BCUT2D eigenvalue weighted by atomic mass is 19.1. The Hall–Kier alpha value is -1.13. The molecule has 0 heterocycles. The van der Waals surface area contributed by atoms with Gasteiger partial charge in [-0.15, -0.1) is 0 Å². The van der Waals surface area contributed by atoms with Crippen molar-refractivity contribution in [2.24, 2.45) is 5.73 Å². The third kappa shape index (κ3) is 2.93. The van der Waals surface area contributed by atoms with Gasteiger partial charge in [0.2, 0.25) is 0 Å². The number of ether oxygens (including phenoxy) is 2. The van der Waals surface area contributed by atoms with Gasteiger partial charge in [0.25, 0.3) is 0 Å². The second-order valence-corrected chi connectivity index (χ2v) is 3.57. The van der Waals surface area contributed by atoms with Gasteiger partial charge in [-0.2, -0.15) is 0 Å². The molecule has 2 unspecified atom stereocenters. The standard InChI is InChI=1S/C12H18FNO2/c1-4-16-8(2)12(14)10-7-9(13)5-6-11(10)15-3/h5-8,12H,4,14H2,1-3H3. The summed E-state index contributed by atoms with van der Waals surface area (Å²) < 4.78 is 23.7. The van der Waals surface area contributed by atoms with Gasteiger partial charge in [-0.1, -0.05) is 0 Å². The van der Waals surface area contributed by atoms with Crippen LogP contribution < -0.4 is 10.5 Å². The van der Waals surface area contributed by atoms with Crippen LogP contribution in [-0.4, -0.2) is 19.8 Å². The molecule has 4 heteroatoms. The maximum Gasteiger partial charge on any atom is 0.123 e. The van der Waals surface area contributed by atoms with E-state index in [1.54, 1.807) is 6.07 Å². The van der Waals surface area contributed by atoms with E-state index in [-0.39, 0.29) is 11.9 Å². The molecule has 0 aromatic heterocycles. The van der Waals surface area contributed by atoms with Gasteiger partial charge in [-0.3, -0.25) is 0 Å². The van der Waals surface area contributed by atoms with Crippen molar-refractivity contribution in [1.29, 1.82) is 0 Å². The fraction of sp³-hybridized carbons (Fsp3) is 0.500. The number of hydrogen-bond donors (Lipinski definition) is 1. The first-order valence-corrected chi connectivity index (χ1v) is 5.30. The molecule has 0 amide bonds. The summed E-state index contributed by atoms with van der Waals surface area (Å²) in [6, 6.07) is 3.91. The largest absolute Gasteiger partial charge is 0.496 e. The van der Waals surface area contributed by atoms with E-state index in [0.717, 1.165) is 0 Å². The zero-order chi connectivity index (χ0) is 12.1. The summed E-state index contributed by atoms with van der Waals surface area (Å²) in [4.78, 5) is 0. The quantitative estimate of drug-likeness (QED) is 0.839. The predicted molar refractivity (Wildman–Crippen MR) is 61.0 cm³/mol. The molecule has 90 valence electrons. The van der Waals surface area contributed by atoms with Gasteiger partial charge < -0.3 is 15.2 Å². The lowest BCUT2D eigenvalue weighted by atomic mass is 10.0. The van der Waals surface area contributed by atoms with E-state index in [9.17, 15) is 4.39 Å². The molecule has 1 aromatic carbocycles. The van der Waals surface area contributed by atoms with Crippen LogP contribution in [0, 0.1) is 5.82 Å². The fourth-order valence-electron chi connectivity index (χ4n) is 1.59. The van der Waals surface area contributed by atoms with E-state index in [0.29, 0.717) is 17.9 Å². The second-order valence-electron chi connectivity index (χ2n) is 3.57. The number of benzene rings is 1. The molecule has 0 aliphatic carbocycles. The van der Waals surface area contributed by atoms with Crippen LogP contribution >= 0.6 is 0 Å². The van der Waals surface area contributed by atoms with Crippen LogP contribution in [0.15, 0.2) is 18.2 Å². The molecule has 0 aliphatic rings. The lowest BCUT2D eigenvalue weighted by Gasteiger charge is -2.22. The monoisotopic (exact) mass is 227 g/mol. The minimum atomic E-state index is -0.398.